The number of hydrogen-bond donors (Lipinski definition) is 1. The number of fused-ring (bicyclic) bond motifs is 1. The van der Waals surface area contributed by atoms with Crippen molar-refractivity contribution in [3.05, 3.63) is 45.6 Å². The number of carbonyl (C=O) groups excluding carboxylic acids is 3. The molecule has 1 aromatic carbocycles. The van der Waals surface area contributed by atoms with E-state index < -0.39 is 33.4 Å². The highest BCUT2D eigenvalue weighted by atomic mass is 32.2. The maximum Gasteiger partial charge on any atom is 0.341 e. The summed E-state index contributed by atoms with van der Waals surface area (Å²) in [5, 5.41) is 2.92. The third-order valence-electron chi connectivity index (χ3n) is 5.71. The van der Waals surface area contributed by atoms with Crippen LogP contribution in [0.2, 0.25) is 0 Å². The third-order valence-corrected chi connectivity index (χ3v) is 8.60. The van der Waals surface area contributed by atoms with Gasteiger partial charge in [-0.25, -0.2) is 17.6 Å². The number of carbonyl (C=O) groups is 3. The molecule has 2 aliphatic heterocycles. The summed E-state index contributed by atoms with van der Waals surface area (Å²) < 4.78 is 43.6. The Morgan fingerprint density at radius 3 is 2.79 bits per heavy atom. The van der Waals surface area contributed by atoms with Gasteiger partial charge in [0, 0.05) is 17.8 Å². The Hall–Kier alpha value is -2.79. The number of esters is 1. The Balaban J connectivity index is 1.58. The maximum absolute atomic E-state index is 14.4. The second-order valence-corrected chi connectivity index (χ2v) is 11.4. The second-order valence-electron chi connectivity index (χ2n) is 8.12. The number of thiophene rings is 1. The van der Waals surface area contributed by atoms with Crippen LogP contribution >= 0.6 is 11.3 Å². The predicted octanol–water partition coefficient (Wildman–Crippen LogP) is 2.83. The largest absolute Gasteiger partial charge is 0.462 e. The molecule has 1 aromatic heterocycles. The maximum atomic E-state index is 14.4. The van der Waals surface area contributed by atoms with Gasteiger partial charge in [0.15, 0.2) is 9.84 Å². The molecule has 0 bridgehead atoms. The van der Waals surface area contributed by atoms with Crippen molar-refractivity contribution in [2.75, 3.05) is 29.1 Å². The average molecular weight is 495 g/mol. The van der Waals surface area contributed by atoms with Crippen LogP contribution in [0.4, 0.5) is 15.1 Å². The summed E-state index contributed by atoms with van der Waals surface area (Å²) in [5.41, 5.74) is 1.58. The second kappa shape index (κ2) is 8.86. The molecule has 1 atom stereocenters. The van der Waals surface area contributed by atoms with E-state index in [1.54, 1.807) is 19.9 Å². The minimum absolute atomic E-state index is 0.00113. The van der Waals surface area contributed by atoms with Crippen LogP contribution in [0.15, 0.2) is 18.2 Å². The molecule has 11 heteroatoms. The molecule has 2 aliphatic rings. The smallest absolute Gasteiger partial charge is 0.341 e. The molecule has 4 rings (SSSR count). The van der Waals surface area contributed by atoms with Crippen LogP contribution in [-0.4, -0.2) is 45.1 Å². The molecular weight excluding hydrogens is 471 g/mol. The standard InChI is InChI=1S/C22H23FN2O6S2/c1-3-31-22(28)19-14-6-7-33(29,30)11-17(14)32-21(19)24-20(27)13-9-18(26)25(10-13)16-5-4-12(2)8-15(16)23/h4-5,8,13H,3,6-7,9-11H2,1-2H3,(H,24,27). The molecule has 8 nitrogen and oxygen atoms in total. The van der Waals surface area contributed by atoms with Gasteiger partial charge in [0.2, 0.25) is 11.8 Å². The lowest BCUT2D eigenvalue weighted by Gasteiger charge is -2.18. The monoisotopic (exact) mass is 494 g/mol. The average Bonchev–Trinajstić information content (AvgIpc) is 3.27. The van der Waals surface area contributed by atoms with Gasteiger partial charge in [0.25, 0.3) is 0 Å². The van der Waals surface area contributed by atoms with Gasteiger partial charge in [0.1, 0.15) is 10.8 Å². The summed E-state index contributed by atoms with van der Waals surface area (Å²) in [4.78, 5) is 39.9. The number of sulfone groups is 1. The Morgan fingerprint density at radius 2 is 2.09 bits per heavy atom. The fourth-order valence-corrected chi connectivity index (χ4v) is 7.13. The first-order chi connectivity index (χ1) is 15.6. The third kappa shape index (κ3) is 4.65. The van der Waals surface area contributed by atoms with Gasteiger partial charge in [-0.1, -0.05) is 6.07 Å². The van der Waals surface area contributed by atoms with Crippen molar-refractivity contribution in [2.24, 2.45) is 5.92 Å². The molecule has 0 aliphatic carbocycles. The first-order valence-corrected chi connectivity index (χ1v) is 13.1. The van der Waals surface area contributed by atoms with Gasteiger partial charge < -0.3 is 15.0 Å². The fraction of sp³-hybridized carbons (Fsp3) is 0.409. The molecule has 1 saturated heterocycles. The molecule has 1 fully saturated rings. The van der Waals surface area contributed by atoms with E-state index in [0.717, 1.165) is 11.3 Å². The number of halogens is 1. The number of hydrogen-bond acceptors (Lipinski definition) is 7. The van der Waals surface area contributed by atoms with Gasteiger partial charge in [0.05, 0.1) is 35.3 Å². The first-order valence-electron chi connectivity index (χ1n) is 10.5. The van der Waals surface area contributed by atoms with Crippen LogP contribution in [0.5, 0.6) is 0 Å². The van der Waals surface area contributed by atoms with Crippen molar-refractivity contribution in [1.82, 2.24) is 0 Å². The summed E-state index contributed by atoms with van der Waals surface area (Å²) in [5.74, 6) is -3.07. The summed E-state index contributed by atoms with van der Waals surface area (Å²) in [7, 11) is -3.28. The number of amides is 2. The summed E-state index contributed by atoms with van der Waals surface area (Å²) in [6.45, 7) is 3.52. The van der Waals surface area contributed by atoms with Crippen LogP contribution < -0.4 is 10.2 Å². The highest BCUT2D eigenvalue weighted by molar-refractivity contribution is 7.90. The van der Waals surface area contributed by atoms with E-state index in [9.17, 15) is 27.2 Å². The summed E-state index contributed by atoms with van der Waals surface area (Å²) in [6.07, 6.45) is 0.0634. The summed E-state index contributed by atoms with van der Waals surface area (Å²) >= 11 is 1.04. The van der Waals surface area contributed by atoms with Gasteiger partial charge in [-0.15, -0.1) is 11.3 Å². The minimum atomic E-state index is -3.28. The SMILES string of the molecule is CCOC(=O)c1c(NC(=O)C2CC(=O)N(c3ccc(C)cc3F)C2)sc2c1CCS(=O)(=O)C2. The van der Waals surface area contributed by atoms with Gasteiger partial charge in [-0.05, 0) is 43.5 Å². The van der Waals surface area contributed by atoms with Crippen molar-refractivity contribution >= 4 is 49.6 Å². The van der Waals surface area contributed by atoms with Crippen LogP contribution in [0.1, 0.15) is 39.7 Å². The normalized spacial score (nSPS) is 19.3. The van der Waals surface area contributed by atoms with Crippen LogP contribution in [0.25, 0.3) is 0 Å². The van der Waals surface area contributed by atoms with E-state index in [1.165, 1.54) is 17.0 Å². The Bertz CT molecular complexity index is 1250. The van der Waals surface area contributed by atoms with E-state index in [4.69, 9.17) is 4.74 Å². The number of nitrogens with zero attached hydrogens (tertiary/aromatic N) is 1. The number of benzene rings is 1. The lowest BCUT2D eigenvalue weighted by molar-refractivity contribution is -0.122. The van der Waals surface area contributed by atoms with Crippen molar-refractivity contribution in [3.63, 3.8) is 0 Å². The van der Waals surface area contributed by atoms with Crippen molar-refractivity contribution < 1.29 is 31.9 Å². The lowest BCUT2D eigenvalue weighted by atomic mass is 10.1. The number of rotatable bonds is 5. The molecule has 176 valence electrons. The molecule has 2 aromatic rings. The van der Waals surface area contributed by atoms with Crippen LogP contribution in [0.3, 0.4) is 0 Å². The van der Waals surface area contributed by atoms with E-state index in [0.29, 0.717) is 16.0 Å². The number of ether oxygens (including phenoxy) is 1. The molecule has 0 radical (unpaired) electrons. The van der Waals surface area contributed by atoms with Crippen molar-refractivity contribution in [1.29, 1.82) is 0 Å². The summed E-state index contributed by atoms with van der Waals surface area (Å²) in [6, 6.07) is 4.52. The van der Waals surface area contributed by atoms with E-state index in [2.05, 4.69) is 5.32 Å². The van der Waals surface area contributed by atoms with E-state index >= 15 is 0 Å². The molecular formula is C22H23FN2O6S2. The Labute approximate surface area is 194 Å². The van der Waals surface area contributed by atoms with Gasteiger partial charge in [-0.2, -0.15) is 0 Å². The topological polar surface area (TPSA) is 110 Å². The number of nitrogens with one attached hydrogen (secondary N) is 1. The highest BCUT2D eigenvalue weighted by Gasteiger charge is 2.38. The van der Waals surface area contributed by atoms with Crippen LogP contribution in [0, 0.1) is 18.7 Å². The quantitative estimate of drug-likeness (QED) is 0.640. The molecule has 0 spiro atoms. The predicted molar refractivity (Wildman–Crippen MR) is 122 cm³/mol. The lowest BCUT2D eigenvalue weighted by Crippen LogP contribution is -2.29. The Kier molecular flexibility index (Phi) is 6.28. The number of anilines is 2. The van der Waals surface area contributed by atoms with E-state index in [1.807, 2.05) is 0 Å². The zero-order valence-electron chi connectivity index (χ0n) is 18.1. The molecule has 1 N–H and O–H groups in total. The van der Waals surface area contributed by atoms with Crippen molar-refractivity contribution in [3.8, 4) is 0 Å². The molecule has 33 heavy (non-hydrogen) atoms. The van der Waals surface area contributed by atoms with Crippen molar-refractivity contribution in [2.45, 2.75) is 32.4 Å². The first kappa shape index (κ1) is 23.4. The molecule has 0 saturated carbocycles. The minimum Gasteiger partial charge on any atom is -0.462 e. The zero-order valence-corrected chi connectivity index (χ0v) is 19.8. The Morgan fingerprint density at radius 1 is 1.33 bits per heavy atom. The van der Waals surface area contributed by atoms with Gasteiger partial charge >= 0.3 is 5.97 Å². The van der Waals surface area contributed by atoms with E-state index in [-0.39, 0.29) is 59.7 Å². The fourth-order valence-electron chi connectivity index (χ4n) is 4.09. The van der Waals surface area contributed by atoms with Crippen LogP contribution in [-0.2, 0) is 36.3 Å². The van der Waals surface area contributed by atoms with Gasteiger partial charge in [-0.3, -0.25) is 9.59 Å². The number of aryl methyl sites for hydroxylation is 1. The zero-order chi connectivity index (χ0) is 23.9. The molecule has 3 heterocycles. The molecule has 2 amide bonds. The highest BCUT2D eigenvalue weighted by Crippen LogP contribution is 2.39. The molecule has 1 unspecified atom stereocenters.